The normalized spacial score (nSPS) is 11.2. The summed E-state index contributed by atoms with van der Waals surface area (Å²) >= 11 is 0. The first-order valence-electron chi connectivity index (χ1n) is 18.8. The molecule has 0 N–H and O–H groups in total. The van der Waals surface area contributed by atoms with Crippen LogP contribution in [0.1, 0.15) is 0 Å². The van der Waals surface area contributed by atoms with Gasteiger partial charge < -0.3 is 9.47 Å². The maximum absolute atomic E-state index is 4.97. The Kier molecular flexibility index (Phi) is 8.43. The van der Waals surface area contributed by atoms with E-state index in [9.17, 15) is 0 Å². The highest BCUT2D eigenvalue weighted by Crippen LogP contribution is 2.44. The lowest BCUT2D eigenvalue weighted by atomic mass is 10.0. The zero-order valence-corrected chi connectivity index (χ0v) is 30.4. The number of fused-ring (bicyclic) bond motifs is 3. The van der Waals surface area contributed by atoms with Crippen molar-refractivity contribution in [1.82, 2.24) is 19.5 Å². The Morgan fingerprint density at radius 3 is 1.43 bits per heavy atom. The third-order valence-corrected chi connectivity index (χ3v) is 10.2. The minimum absolute atomic E-state index is 0.630. The molecule has 0 saturated heterocycles. The molecule has 0 aliphatic rings. The van der Waals surface area contributed by atoms with Crippen molar-refractivity contribution in [1.29, 1.82) is 0 Å². The molecule has 0 radical (unpaired) electrons. The van der Waals surface area contributed by atoms with Crippen molar-refractivity contribution in [2.75, 3.05) is 4.90 Å². The maximum Gasteiger partial charge on any atom is 0.164 e. The number of rotatable bonds is 8. The molecule has 0 saturated carbocycles. The van der Waals surface area contributed by atoms with Gasteiger partial charge in [0.15, 0.2) is 17.5 Å². The van der Waals surface area contributed by atoms with Crippen LogP contribution in [-0.4, -0.2) is 19.5 Å². The van der Waals surface area contributed by atoms with E-state index in [0.717, 1.165) is 50.5 Å². The second-order valence-electron chi connectivity index (χ2n) is 13.7. The lowest BCUT2D eigenvalue weighted by Crippen LogP contribution is -2.10. The van der Waals surface area contributed by atoms with Crippen molar-refractivity contribution >= 4 is 38.9 Å². The van der Waals surface area contributed by atoms with Crippen LogP contribution in [-0.2, 0) is 0 Å². The molecule has 5 heteroatoms. The van der Waals surface area contributed by atoms with Gasteiger partial charge in [0.1, 0.15) is 0 Å². The van der Waals surface area contributed by atoms with Crippen LogP contribution >= 0.6 is 0 Å². The SMILES string of the molecule is c1ccc(-c2cccc(N(c3ccccc3)c3cccc4c3c3ccccc3n4-c3ccc(-c4nc(-c5ccccc5)nc(-c5ccccc5)n4)cc3)c2)cc1. The molecule has 5 nitrogen and oxygen atoms in total. The second kappa shape index (κ2) is 14.3. The van der Waals surface area contributed by atoms with Crippen LogP contribution in [0.15, 0.2) is 212 Å². The fourth-order valence-electron chi connectivity index (χ4n) is 7.62. The average Bonchev–Trinajstić information content (AvgIpc) is 3.63. The molecule has 10 aromatic rings. The van der Waals surface area contributed by atoms with E-state index in [1.54, 1.807) is 0 Å². The van der Waals surface area contributed by atoms with E-state index >= 15 is 0 Å². The van der Waals surface area contributed by atoms with E-state index in [-0.39, 0.29) is 0 Å². The Hall–Kier alpha value is -7.63. The Balaban J connectivity index is 1.12. The summed E-state index contributed by atoms with van der Waals surface area (Å²) in [5.74, 6) is 1.92. The van der Waals surface area contributed by atoms with Crippen molar-refractivity contribution in [3.05, 3.63) is 212 Å². The van der Waals surface area contributed by atoms with Crippen molar-refractivity contribution < 1.29 is 0 Å². The summed E-state index contributed by atoms with van der Waals surface area (Å²) in [4.78, 5) is 17.2. The zero-order chi connectivity index (χ0) is 37.3. The molecule has 0 bridgehead atoms. The molecule has 0 unspecified atom stereocenters. The maximum atomic E-state index is 4.97. The van der Waals surface area contributed by atoms with Crippen molar-refractivity contribution in [2.24, 2.45) is 0 Å². The fourth-order valence-corrected chi connectivity index (χ4v) is 7.62. The first-order valence-corrected chi connectivity index (χ1v) is 18.8. The standard InChI is InChI=1S/C51H35N5/c1-5-17-36(18-6-1)40-23-15-26-43(35-40)55(41-24-11-4-12-25-41)46-29-16-30-47-48(46)44-27-13-14-28-45(44)56(47)42-33-31-39(32-34-42)51-53-49(37-19-7-2-8-20-37)52-50(54-51)38-21-9-3-10-22-38/h1-35H. The monoisotopic (exact) mass is 717 g/mol. The van der Waals surface area contributed by atoms with Gasteiger partial charge in [-0.25, -0.2) is 15.0 Å². The van der Waals surface area contributed by atoms with Crippen LogP contribution in [0.5, 0.6) is 0 Å². The van der Waals surface area contributed by atoms with Crippen molar-refractivity contribution in [3.8, 4) is 51.0 Å². The third-order valence-electron chi connectivity index (χ3n) is 10.2. The summed E-state index contributed by atoms with van der Waals surface area (Å²) in [6.07, 6.45) is 0. The molecule has 0 aliphatic carbocycles. The largest absolute Gasteiger partial charge is 0.310 e. The lowest BCUT2D eigenvalue weighted by molar-refractivity contribution is 1.07. The van der Waals surface area contributed by atoms with Gasteiger partial charge in [0, 0.05) is 44.5 Å². The summed E-state index contributed by atoms with van der Waals surface area (Å²) < 4.78 is 2.36. The minimum Gasteiger partial charge on any atom is -0.310 e. The predicted octanol–water partition coefficient (Wildman–Crippen LogP) is 13.1. The van der Waals surface area contributed by atoms with E-state index in [0.29, 0.717) is 17.5 Å². The Morgan fingerprint density at radius 1 is 0.339 bits per heavy atom. The van der Waals surface area contributed by atoms with Gasteiger partial charge in [-0.1, -0.05) is 146 Å². The topological polar surface area (TPSA) is 46.8 Å². The van der Waals surface area contributed by atoms with Gasteiger partial charge in [-0.2, -0.15) is 0 Å². The number of hydrogen-bond acceptors (Lipinski definition) is 4. The smallest absolute Gasteiger partial charge is 0.164 e. The number of benzene rings is 8. The molecule has 0 aliphatic heterocycles. The van der Waals surface area contributed by atoms with Crippen LogP contribution in [0.4, 0.5) is 17.1 Å². The number of nitrogens with zero attached hydrogens (tertiary/aromatic N) is 5. The summed E-state index contributed by atoms with van der Waals surface area (Å²) in [5, 5.41) is 2.36. The van der Waals surface area contributed by atoms with Crippen molar-refractivity contribution in [2.45, 2.75) is 0 Å². The van der Waals surface area contributed by atoms with E-state index in [1.807, 2.05) is 60.7 Å². The van der Waals surface area contributed by atoms with Gasteiger partial charge in [-0.3, -0.25) is 0 Å². The average molecular weight is 718 g/mol. The van der Waals surface area contributed by atoms with E-state index in [1.165, 1.54) is 21.9 Å². The number of para-hydroxylation sites is 2. The van der Waals surface area contributed by atoms with E-state index in [2.05, 4.69) is 161 Å². The third kappa shape index (κ3) is 6.07. The van der Waals surface area contributed by atoms with Crippen LogP contribution < -0.4 is 4.90 Å². The molecule has 2 aromatic heterocycles. The predicted molar refractivity (Wildman–Crippen MR) is 231 cm³/mol. The molecule has 0 atom stereocenters. The fraction of sp³-hybridized carbons (Fsp3) is 0. The Labute approximate surface area is 325 Å². The van der Waals surface area contributed by atoms with Gasteiger partial charge in [-0.15, -0.1) is 0 Å². The first kappa shape index (κ1) is 33.0. The molecule has 0 fully saturated rings. The van der Waals surface area contributed by atoms with E-state index in [4.69, 9.17) is 15.0 Å². The molecule has 10 rings (SSSR count). The molecule has 56 heavy (non-hydrogen) atoms. The number of hydrogen-bond donors (Lipinski definition) is 0. The summed E-state index contributed by atoms with van der Waals surface area (Å²) in [7, 11) is 0. The second-order valence-corrected chi connectivity index (χ2v) is 13.7. The summed E-state index contributed by atoms with van der Waals surface area (Å²) in [6, 6.07) is 74.1. The van der Waals surface area contributed by atoms with Gasteiger partial charge in [0.05, 0.1) is 16.7 Å². The highest BCUT2D eigenvalue weighted by atomic mass is 15.1. The molecular weight excluding hydrogens is 683 g/mol. The quantitative estimate of drug-likeness (QED) is 0.157. The van der Waals surface area contributed by atoms with Crippen LogP contribution in [0.3, 0.4) is 0 Å². The zero-order valence-electron chi connectivity index (χ0n) is 30.4. The highest BCUT2D eigenvalue weighted by molar-refractivity contribution is 6.16. The van der Waals surface area contributed by atoms with E-state index < -0.39 is 0 Å². The minimum atomic E-state index is 0.630. The molecule has 8 aromatic carbocycles. The molecule has 264 valence electrons. The van der Waals surface area contributed by atoms with Crippen LogP contribution in [0, 0.1) is 0 Å². The van der Waals surface area contributed by atoms with Gasteiger partial charge >= 0.3 is 0 Å². The molecule has 0 amide bonds. The summed E-state index contributed by atoms with van der Waals surface area (Å²) in [6.45, 7) is 0. The molecular formula is C51H35N5. The van der Waals surface area contributed by atoms with Crippen LogP contribution in [0.25, 0.3) is 72.8 Å². The van der Waals surface area contributed by atoms with Crippen molar-refractivity contribution in [3.63, 3.8) is 0 Å². The van der Waals surface area contributed by atoms with Gasteiger partial charge in [0.25, 0.3) is 0 Å². The molecule has 0 spiro atoms. The summed E-state index contributed by atoms with van der Waals surface area (Å²) in [5.41, 5.74) is 11.8. The number of aromatic nitrogens is 4. The molecule has 2 heterocycles. The lowest BCUT2D eigenvalue weighted by Gasteiger charge is -2.27. The number of anilines is 3. The Bertz CT molecular complexity index is 2880. The highest BCUT2D eigenvalue weighted by Gasteiger charge is 2.21. The first-order chi connectivity index (χ1) is 27.8. The Morgan fingerprint density at radius 2 is 0.804 bits per heavy atom. The van der Waals surface area contributed by atoms with Gasteiger partial charge in [-0.05, 0) is 77.9 Å². The van der Waals surface area contributed by atoms with Gasteiger partial charge in [0.2, 0.25) is 0 Å². The van der Waals surface area contributed by atoms with Crippen LogP contribution in [0.2, 0.25) is 0 Å².